The third kappa shape index (κ3) is 1.72. The summed E-state index contributed by atoms with van der Waals surface area (Å²) in [6.45, 7) is 0. The van der Waals surface area contributed by atoms with Crippen molar-refractivity contribution in [2.24, 2.45) is 45.8 Å². The molecule has 4 bridgehead atoms. The van der Waals surface area contributed by atoms with E-state index >= 15 is 0 Å². The van der Waals surface area contributed by atoms with Crippen LogP contribution in [0.1, 0.15) is 19.3 Å². The van der Waals surface area contributed by atoms with Crippen LogP contribution < -0.4 is 5.11 Å². The van der Waals surface area contributed by atoms with Gasteiger partial charge in [0.1, 0.15) is 0 Å². The van der Waals surface area contributed by atoms with E-state index in [9.17, 15) is 26.7 Å². The lowest BCUT2D eigenvalue weighted by Crippen LogP contribution is -2.42. The molecule has 5 fully saturated rings. The molecule has 5 rings (SSSR count). The number of ether oxygens (including phenoxy) is 1. The fraction of sp³-hybridized carbons (Fsp3) is 0.929. The molecule has 23 heavy (non-hydrogen) atoms. The number of sulfonamides is 1. The van der Waals surface area contributed by atoms with E-state index < -0.39 is 27.3 Å². The molecule has 1 aliphatic heterocycles. The highest BCUT2D eigenvalue weighted by Crippen LogP contribution is 2.72. The molecule has 4 aliphatic carbocycles. The molecule has 0 spiro atoms. The van der Waals surface area contributed by atoms with Gasteiger partial charge in [0.25, 0.3) is 0 Å². The zero-order chi connectivity index (χ0) is 16.3. The van der Waals surface area contributed by atoms with Gasteiger partial charge in [0.2, 0.25) is 0 Å². The highest BCUT2D eigenvalue weighted by Gasteiger charge is 2.73. The number of rotatable bonds is 2. The van der Waals surface area contributed by atoms with Gasteiger partial charge in [-0.25, -0.2) is 0 Å². The molecule has 5 nitrogen and oxygen atoms in total. The smallest absolute Gasteiger partial charge is 0.518 e. The predicted octanol–water partition coefficient (Wildman–Crippen LogP) is 0.900. The average Bonchev–Trinajstić information content (AvgIpc) is 2.81. The lowest BCUT2D eigenvalue weighted by atomic mass is 9.67. The van der Waals surface area contributed by atoms with E-state index in [1.54, 1.807) is 0 Å². The number of hydrogen-bond acceptors (Lipinski definition) is 4. The van der Waals surface area contributed by atoms with Crippen LogP contribution in [0.2, 0.25) is 0 Å². The normalized spacial score (nSPS) is 53.5. The monoisotopic (exact) mass is 350 g/mol. The van der Waals surface area contributed by atoms with Gasteiger partial charge in [-0.1, -0.05) is 0 Å². The van der Waals surface area contributed by atoms with Crippen molar-refractivity contribution in [3.63, 3.8) is 0 Å². The Morgan fingerprint density at radius 2 is 1.70 bits per heavy atom. The SMILES string of the molecule is O=S(=O)(/N=C(\[O-])C1CC2CC1C1C3CC(C4OC34)C21)C(F)(F)F. The summed E-state index contributed by atoms with van der Waals surface area (Å²) in [6.07, 6.45) is 3.02. The van der Waals surface area contributed by atoms with Crippen LogP contribution in [-0.4, -0.2) is 32.0 Å². The maximum Gasteiger partial charge on any atom is 0.518 e. The van der Waals surface area contributed by atoms with Crippen LogP contribution >= 0.6 is 0 Å². The first-order valence-electron chi connectivity index (χ1n) is 7.92. The van der Waals surface area contributed by atoms with Crippen LogP contribution in [0, 0.1) is 41.4 Å². The van der Waals surface area contributed by atoms with Gasteiger partial charge in [-0.05, 0) is 66.6 Å². The molecule has 128 valence electrons. The third-order valence-electron chi connectivity index (χ3n) is 6.89. The number of fused-ring (bicyclic) bond motifs is 12. The molecule has 0 N–H and O–H groups in total. The minimum absolute atomic E-state index is 0.0233. The molecule has 1 heterocycles. The van der Waals surface area contributed by atoms with Crippen molar-refractivity contribution in [1.82, 2.24) is 0 Å². The molecule has 0 aromatic rings. The Kier molecular flexibility index (Phi) is 2.55. The maximum atomic E-state index is 12.4. The molecule has 9 unspecified atom stereocenters. The molecule has 1 saturated heterocycles. The second-order valence-electron chi connectivity index (χ2n) is 7.64. The van der Waals surface area contributed by atoms with Gasteiger partial charge in [0.05, 0.1) is 12.2 Å². The van der Waals surface area contributed by atoms with E-state index in [1.165, 1.54) is 0 Å². The van der Waals surface area contributed by atoms with Crippen molar-refractivity contribution in [2.45, 2.75) is 37.0 Å². The Morgan fingerprint density at radius 3 is 2.35 bits per heavy atom. The second kappa shape index (κ2) is 4.04. The first-order valence-corrected chi connectivity index (χ1v) is 9.36. The van der Waals surface area contributed by atoms with Crippen molar-refractivity contribution in [3.8, 4) is 0 Å². The number of halogens is 3. The zero-order valence-corrected chi connectivity index (χ0v) is 12.8. The standard InChI is InChI=1S/C14H16F3NO4S/c15-14(16,17)23(20,21)18-13(19)6-2-4-1-5(6)10-8-3-7(9(4)10)11-12(8)22-11/h4-12H,1-3H2,(H,18,19)/p-1. The number of nitrogens with zero attached hydrogens (tertiary/aromatic N) is 1. The molecule has 9 heteroatoms. The summed E-state index contributed by atoms with van der Waals surface area (Å²) in [7, 11) is -5.74. The predicted molar refractivity (Wildman–Crippen MR) is 69.4 cm³/mol. The lowest BCUT2D eigenvalue weighted by molar-refractivity contribution is -0.226. The molecule has 5 aliphatic rings. The molecule has 0 radical (unpaired) electrons. The third-order valence-corrected chi connectivity index (χ3v) is 7.90. The maximum absolute atomic E-state index is 12.4. The minimum atomic E-state index is -5.74. The molecule has 0 amide bonds. The molecule has 0 aromatic heterocycles. The van der Waals surface area contributed by atoms with Gasteiger partial charge in [0.15, 0.2) is 0 Å². The van der Waals surface area contributed by atoms with E-state index in [-0.39, 0.29) is 12.0 Å². The Hall–Kier alpha value is -0.830. The summed E-state index contributed by atoms with van der Waals surface area (Å²) in [5.74, 6) is 0.265. The summed E-state index contributed by atoms with van der Waals surface area (Å²) in [6, 6.07) is 0. The molecule has 0 aromatic carbocycles. The summed E-state index contributed by atoms with van der Waals surface area (Å²) in [4.78, 5) is 0. The Balaban J connectivity index is 1.42. The van der Waals surface area contributed by atoms with Gasteiger partial charge in [-0.3, -0.25) is 0 Å². The largest absolute Gasteiger partial charge is 0.861 e. The Bertz CT molecular complexity index is 705. The van der Waals surface area contributed by atoms with E-state index in [2.05, 4.69) is 4.40 Å². The van der Waals surface area contributed by atoms with Gasteiger partial charge in [0, 0.05) is 0 Å². The first-order chi connectivity index (χ1) is 10.7. The van der Waals surface area contributed by atoms with Gasteiger partial charge in [-0.15, -0.1) is 0 Å². The van der Waals surface area contributed by atoms with Crippen LogP contribution in [0.3, 0.4) is 0 Å². The fourth-order valence-electron chi connectivity index (χ4n) is 6.37. The molecule has 9 atom stereocenters. The minimum Gasteiger partial charge on any atom is -0.861 e. The van der Waals surface area contributed by atoms with Crippen molar-refractivity contribution in [1.29, 1.82) is 0 Å². The van der Waals surface area contributed by atoms with Crippen LogP contribution in [0.15, 0.2) is 4.40 Å². The van der Waals surface area contributed by atoms with Crippen molar-refractivity contribution < 1.29 is 31.4 Å². The Labute approximate surface area is 131 Å². The highest BCUT2D eigenvalue weighted by atomic mass is 32.2. The van der Waals surface area contributed by atoms with Crippen LogP contribution in [-0.2, 0) is 14.8 Å². The fourth-order valence-corrected chi connectivity index (χ4v) is 6.85. The average molecular weight is 350 g/mol. The van der Waals surface area contributed by atoms with E-state index in [0.717, 1.165) is 12.8 Å². The molecular formula is C14H15F3NO4S-. The first kappa shape index (κ1) is 14.5. The summed E-state index contributed by atoms with van der Waals surface area (Å²) < 4.78 is 67.7. The summed E-state index contributed by atoms with van der Waals surface area (Å²) in [5.41, 5.74) is -5.51. The summed E-state index contributed by atoms with van der Waals surface area (Å²) >= 11 is 0. The van der Waals surface area contributed by atoms with Gasteiger partial charge in [-0.2, -0.15) is 26.0 Å². The lowest BCUT2D eigenvalue weighted by Gasteiger charge is -2.39. The quantitative estimate of drug-likeness (QED) is 0.321. The van der Waals surface area contributed by atoms with Crippen LogP contribution in [0.5, 0.6) is 0 Å². The number of alkyl halides is 3. The molecular weight excluding hydrogens is 335 g/mol. The molecule has 4 saturated carbocycles. The Morgan fingerprint density at radius 1 is 1.04 bits per heavy atom. The van der Waals surface area contributed by atoms with Crippen LogP contribution in [0.4, 0.5) is 13.2 Å². The van der Waals surface area contributed by atoms with Crippen molar-refractivity contribution in [3.05, 3.63) is 0 Å². The van der Waals surface area contributed by atoms with Gasteiger partial charge >= 0.3 is 15.5 Å². The van der Waals surface area contributed by atoms with E-state index in [4.69, 9.17) is 4.74 Å². The topological polar surface area (TPSA) is 82.1 Å². The van der Waals surface area contributed by atoms with Crippen molar-refractivity contribution in [2.75, 3.05) is 0 Å². The van der Waals surface area contributed by atoms with E-state index in [0.29, 0.717) is 42.1 Å². The van der Waals surface area contributed by atoms with E-state index in [1.807, 2.05) is 0 Å². The number of hydrogen-bond donors (Lipinski definition) is 0. The zero-order valence-electron chi connectivity index (χ0n) is 11.9. The summed E-state index contributed by atoms with van der Waals surface area (Å²) in [5, 5.41) is 12.1. The highest BCUT2D eigenvalue weighted by molar-refractivity contribution is 7.91. The van der Waals surface area contributed by atoms with Crippen molar-refractivity contribution >= 4 is 15.9 Å². The van der Waals surface area contributed by atoms with Crippen LogP contribution in [0.25, 0.3) is 0 Å². The second-order valence-corrected chi connectivity index (χ2v) is 9.23. The number of epoxide rings is 1. The van der Waals surface area contributed by atoms with Gasteiger partial charge < -0.3 is 9.84 Å².